The number of benzene rings is 1. The van der Waals surface area contributed by atoms with E-state index >= 15 is 0 Å². The number of hydrogen-bond acceptors (Lipinski definition) is 5. The molecule has 5 heteroatoms. The average Bonchev–Trinajstić information content (AvgIpc) is 2.53. The van der Waals surface area contributed by atoms with E-state index in [2.05, 4.69) is 20.3 Å². The van der Waals surface area contributed by atoms with Crippen LogP contribution in [-0.4, -0.2) is 22.1 Å². The van der Waals surface area contributed by atoms with E-state index in [1.165, 1.54) is 0 Å². The van der Waals surface area contributed by atoms with Gasteiger partial charge in [-0.2, -0.15) is 0 Å². The van der Waals surface area contributed by atoms with Crippen molar-refractivity contribution in [2.45, 2.75) is 6.54 Å². The van der Waals surface area contributed by atoms with Gasteiger partial charge in [0.2, 0.25) is 11.8 Å². The molecule has 0 radical (unpaired) electrons. The van der Waals surface area contributed by atoms with Crippen molar-refractivity contribution in [3.8, 4) is 5.88 Å². The quantitative estimate of drug-likeness (QED) is 0.786. The van der Waals surface area contributed by atoms with Crippen molar-refractivity contribution in [3.05, 3.63) is 54.4 Å². The van der Waals surface area contributed by atoms with Crippen molar-refractivity contribution >= 4 is 16.9 Å². The molecule has 0 spiro atoms. The zero-order chi connectivity index (χ0) is 13.8. The van der Waals surface area contributed by atoms with Crippen molar-refractivity contribution in [3.63, 3.8) is 0 Å². The maximum absolute atomic E-state index is 5.09. The second-order valence-corrected chi connectivity index (χ2v) is 4.31. The molecule has 3 aromatic rings. The van der Waals surface area contributed by atoms with E-state index in [0.717, 1.165) is 16.5 Å². The maximum atomic E-state index is 5.09. The molecule has 0 amide bonds. The number of para-hydroxylation sites is 1. The molecule has 0 saturated carbocycles. The van der Waals surface area contributed by atoms with Crippen LogP contribution in [-0.2, 0) is 6.54 Å². The summed E-state index contributed by atoms with van der Waals surface area (Å²) in [6.45, 7) is 0.622. The molecule has 100 valence electrons. The van der Waals surface area contributed by atoms with Crippen LogP contribution < -0.4 is 10.1 Å². The van der Waals surface area contributed by atoms with Gasteiger partial charge in [-0.3, -0.25) is 0 Å². The molecule has 0 aliphatic rings. The summed E-state index contributed by atoms with van der Waals surface area (Å²) in [6, 6.07) is 11.7. The summed E-state index contributed by atoms with van der Waals surface area (Å²) in [5, 5.41) is 4.23. The Bertz CT molecular complexity index is 730. The van der Waals surface area contributed by atoms with Crippen molar-refractivity contribution < 1.29 is 4.74 Å². The predicted molar refractivity (Wildman–Crippen MR) is 77.7 cm³/mol. The van der Waals surface area contributed by atoms with Gasteiger partial charge in [-0.1, -0.05) is 18.2 Å². The Hall–Kier alpha value is -2.69. The number of aromatic nitrogens is 3. The van der Waals surface area contributed by atoms with Crippen LogP contribution in [0.2, 0.25) is 0 Å². The highest BCUT2D eigenvalue weighted by molar-refractivity contribution is 5.78. The second-order valence-electron chi connectivity index (χ2n) is 4.31. The molecule has 0 aliphatic heterocycles. The van der Waals surface area contributed by atoms with Gasteiger partial charge in [-0.15, -0.1) is 0 Å². The molecule has 0 saturated heterocycles. The molecule has 0 aliphatic carbocycles. The molecule has 0 fully saturated rings. The topological polar surface area (TPSA) is 59.9 Å². The summed E-state index contributed by atoms with van der Waals surface area (Å²) in [7, 11) is 1.60. The molecule has 0 atom stereocenters. The minimum absolute atomic E-state index is 0.601. The van der Waals surface area contributed by atoms with E-state index in [1.54, 1.807) is 13.3 Å². The number of fused-ring (bicyclic) bond motifs is 1. The minimum Gasteiger partial charge on any atom is -0.481 e. The highest BCUT2D eigenvalue weighted by Crippen LogP contribution is 2.13. The predicted octanol–water partition coefficient (Wildman–Crippen LogP) is 2.65. The first-order chi connectivity index (χ1) is 9.85. The molecule has 2 heterocycles. The fourth-order valence-electron chi connectivity index (χ4n) is 1.91. The van der Waals surface area contributed by atoms with E-state index in [-0.39, 0.29) is 0 Å². The lowest BCUT2D eigenvalue weighted by Gasteiger charge is -2.06. The van der Waals surface area contributed by atoms with Crippen molar-refractivity contribution in [1.82, 2.24) is 15.0 Å². The largest absolute Gasteiger partial charge is 0.481 e. The van der Waals surface area contributed by atoms with Crippen molar-refractivity contribution in [2.75, 3.05) is 12.4 Å². The fraction of sp³-hybridized carbons (Fsp3) is 0.133. The number of nitrogens with zero attached hydrogens (tertiary/aromatic N) is 3. The SMILES string of the molecule is COc1cc(CNc2ncc3ccccc3n2)ccn1. The first kappa shape index (κ1) is 12.3. The number of hydrogen-bond donors (Lipinski definition) is 1. The summed E-state index contributed by atoms with van der Waals surface area (Å²) in [6.07, 6.45) is 3.54. The van der Waals surface area contributed by atoms with Gasteiger partial charge in [0.25, 0.3) is 0 Å². The minimum atomic E-state index is 0.601. The monoisotopic (exact) mass is 266 g/mol. The lowest BCUT2D eigenvalue weighted by molar-refractivity contribution is 0.397. The second kappa shape index (κ2) is 5.52. The Morgan fingerprint density at radius 1 is 1.15 bits per heavy atom. The van der Waals surface area contributed by atoms with Gasteiger partial charge in [0.05, 0.1) is 12.6 Å². The first-order valence-corrected chi connectivity index (χ1v) is 6.30. The maximum Gasteiger partial charge on any atom is 0.223 e. The van der Waals surface area contributed by atoms with Crippen LogP contribution in [0.25, 0.3) is 10.9 Å². The summed E-state index contributed by atoms with van der Waals surface area (Å²) >= 11 is 0. The van der Waals surface area contributed by atoms with Crippen molar-refractivity contribution in [2.24, 2.45) is 0 Å². The van der Waals surface area contributed by atoms with Gasteiger partial charge >= 0.3 is 0 Å². The molecule has 3 rings (SSSR count). The fourth-order valence-corrected chi connectivity index (χ4v) is 1.91. The Morgan fingerprint density at radius 2 is 2.05 bits per heavy atom. The van der Waals surface area contributed by atoms with E-state index in [4.69, 9.17) is 4.74 Å². The van der Waals surface area contributed by atoms with Gasteiger partial charge in [-0.05, 0) is 17.7 Å². The lowest BCUT2D eigenvalue weighted by Crippen LogP contribution is -2.04. The van der Waals surface area contributed by atoms with Crippen LogP contribution >= 0.6 is 0 Å². The van der Waals surface area contributed by atoms with Gasteiger partial charge in [0, 0.05) is 30.4 Å². The molecule has 1 aromatic carbocycles. The van der Waals surface area contributed by atoms with Crippen LogP contribution in [0.1, 0.15) is 5.56 Å². The summed E-state index contributed by atoms with van der Waals surface area (Å²) in [4.78, 5) is 12.8. The van der Waals surface area contributed by atoms with Crippen LogP contribution in [0.15, 0.2) is 48.8 Å². The van der Waals surface area contributed by atoms with Crippen LogP contribution in [0, 0.1) is 0 Å². The average molecular weight is 266 g/mol. The number of anilines is 1. The van der Waals surface area contributed by atoms with E-state index in [9.17, 15) is 0 Å². The molecule has 0 unspecified atom stereocenters. The third-order valence-electron chi connectivity index (χ3n) is 2.95. The zero-order valence-corrected chi connectivity index (χ0v) is 11.1. The third kappa shape index (κ3) is 2.66. The summed E-state index contributed by atoms with van der Waals surface area (Å²) < 4.78 is 5.09. The zero-order valence-electron chi connectivity index (χ0n) is 11.1. The van der Waals surface area contributed by atoms with Crippen LogP contribution in [0.3, 0.4) is 0 Å². The van der Waals surface area contributed by atoms with Crippen LogP contribution in [0.5, 0.6) is 5.88 Å². The molecule has 1 N–H and O–H groups in total. The van der Waals surface area contributed by atoms with Gasteiger partial charge in [0.1, 0.15) is 0 Å². The Kier molecular flexibility index (Phi) is 3.41. The standard InChI is InChI=1S/C15H14N4O/c1-20-14-8-11(6-7-16-14)9-17-15-18-10-12-4-2-3-5-13(12)19-15/h2-8,10H,9H2,1H3,(H,17,18,19). The first-order valence-electron chi connectivity index (χ1n) is 6.30. The third-order valence-corrected chi connectivity index (χ3v) is 2.95. The molecular formula is C15H14N4O. The van der Waals surface area contributed by atoms with Crippen LogP contribution in [0.4, 0.5) is 5.95 Å². The summed E-state index contributed by atoms with van der Waals surface area (Å²) in [5.41, 5.74) is 1.99. The van der Waals surface area contributed by atoms with E-state index < -0.39 is 0 Å². The Balaban J connectivity index is 1.76. The number of nitrogens with one attached hydrogen (secondary N) is 1. The van der Waals surface area contributed by atoms with E-state index in [1.807, 2.05) is 42.6 Å². The normalized spacial score (nSPS) is 10.4. The molecular weight excluding hydrogens is 252 g/mol. The molecule has 20 heavy (non-hydrogen) atoms. The molecule has 0 bridgehead atoms. The number of methoxy groups -OCH3 is 1. The van der Waals surface area contributed by atoms with Gasteiger partial charge in [-0.25, -0.2) is 15.0 Å². The molecule has 2 aromatic heterocycles. The Labute approximate surface area is 116 Å². The smallest absolute Gasteiger partial charge is 0.223 e. The van der Waals surface area contributed by atoms with Gasteiger partial charge < -0.3 is 10.1 Å². The van der Waals surface area contributed by atoms with Crippen molar-refractivity contribution in [1.29, 1.82) is 0 Å². The molecule has 5 nitrogen and oxygen atoms in total. The highest BCUT2D eigenvalue weighted by atomic mass is 16.5. The number of rotatable bonds is 4. The summed E-state index contributed by atoms with van der Waals surface area (Å²) in [5.74, 6) is 1.21. The number of pyridine rings is 1. The highest BCUT2D eigenvalue weighted by Gasteiger charge is 2.01. The Morgan fingerprint density at radius 3 is 2.95 bits per heavy atom. The lowest BCUT2D eigenvalue weighted by atomic mass is 10.2. The van der Waals surface area contributed by atoms with Gasteiger partial charge in [0.15, 0.2) is 0 Å². The number of ether oxygens (including phenoxy) is 1. The van der Waals surface area contributed by atoms with E-state index in [0.29, 0.717) is 18.4 Å².